The molecule has 0 aliphatic carbocycles. The molecule has 0 aromatic carbocycles. The molecule has 1 fully saturated rings. The van der Waals surface area contributed by atoms with E-state index in [2.05, 4.69) is 22.3 Å². The Hall–Kier alpha value is -1.21. The van der Waals surface area contributed by atoms with E-state index >= 15 is 0 Å². The minimum Gasteiger partial charge on any atom is -0.433 e. The Morgan fingerprint density at radius 3 is 3.11 bits per heavy atom. The van der Waals surface area contributed by atoms with Gasteiger partial charge in [0.2, 0.25) is 0 Å². The topological polar surface area (TPSA) is 50.4 Å². The van der Waals surface area contributed by atoms with Crippen LogP contribution < -0.4 is 15.4 Å². The van der Waals surface area contributed by atoms with Gasteiger partial charge in [-0.2, -0.15) is 8.78 Å². The summed E-state index contributed by atoms with van der Waals surface area (Å²) < 4.78 is 28.7. The molecular weight excluding hydrogens is 274 g/mol. The van der Waals surface area contributed by atoms with Gasteiger partial charge in [-0.05, 0) is 30.3 Å². The highest BCUT2D eigenvalue weighted by atomic mass is 32.1. The first kappa shape index (κ1) is 14.2. The number of halogens is 2. The molecule has 2 unspecified atom stereocenters. The standard InChI is InChI=1S/C12H16F2N2O2S/c1-7-2-4-15-6-8(7)16-11(17)10-9(3-5-19-10)18-12(13)14/h3,5,7-8,12,15H,2,4,6H2,1H3,(H,16,17). The summed E-state index contributed by atoms with van der Waals surface area (Å²) in [4.78, 5) is 12.3. The number of rotatable bonds is 4. The predicted octanol–water partition coefficient (Wildman–Crippen LogP) is 2.08. The van der Waals surface area contributed by atoms with Crippen LogP contribution in [0.2, 0.25) is 0 Å². The lowest BCUT2D eigenvalue weighted by atomic mass is 9.95. The van der Waals surface area contributed by atoms with Crippen LogP contribution in [0.25, 0.3) is 0 Å². The van der Waals surface area contributed by atoms with Crippen molar-refractivity contribution in [3.63, 3.8) is 0 Å². The first-order chi connectivity index (χ1) is 9.08. The van der Waals surface area contributed by atoms with Crippen LogP contribution in [-0.2, 0) is 0 Å². The molecule has 4 nitrogen and oxygen atoms in total. The van der Waals surface area contributed by atoms with Crippen LogP contribution in [0.5, 0.6) is 5.75 Å². The number of piperidine rings is 1. The lowest BCUT2D eigenvalue weighted by molar-refractivity contribution is -0.0498. The fourth-order valence-electron chi connectivity index (χ4n) is 2.07. The third-order valence-electron chi connectivity index (χ3n) is 3.20. The Kier molecular flexibility index (Phi) is 4.71. The molecule has 1 aromatic rings. The minimum atomic E-state index is -2.92. The van der Waals surface area contributed by atoms with Gasteiger partial charge in [-0.15, -0.1) is 11.3 Å². The number of hydrogen-bond donors (Lipinski definition) is 2. The zero-order chi connectivity index (χ0) is 13.8. The van der Waals surface area contributed by atoms with E-state index in [0.717, 1.165) is 24.3 Å². The molecule has 1 amide bonds. The summed E-state index contributed by atoms with van der Waals surface area (Å²) in [6.45, 7) is 0.781. The summed E-state index contributed by atoms with van der Waals surface area (Å²) in [7, 11) is 0. The molecule has 0 radical (unpaired) electrons. The summed E-state index contributed by atoms with van der Waals surface area (Å²) in [5.41, 5.74) is 0. The number of hydrogen-bond acceptors (Lipinski definition) is 4. The lowest BCUT2D eigenvalue weighted by Gasteiger charge is -2.30. The smallest absolute Gasteiger partial charge is 0.387 e. The van der Waals surface area contributed by atoms with Crippen molar-refractivity contribution < 1.29 is 18.3 Å². The van der Waals surface area contributed by atoms with E-state index in [0.29, 0.717) is 12.5 Å². The third-order valence-corrected chi connectivity index (χ3v) is 4.09. The maximum atomic E-state index is 12.2. The summed E-state index contributed by atoms with van der Waals surface area (Å²) in [5.74, 6) is -0.0512. The number of ether oxygens (including phenoxy) is 1. The molecule has 2 atom stereocenters. The van der Waals surface area contributed by atoms with Crippen LogP contribution in [0.1, 0.15) is 23.0 Å². The molecular formula is C12H16F2N2O2S. The van der Waals surface area contributed by atoms with Gasteiger partial charge in [0.05, 0.1) is 0 Å². The lowest BCUT2D eigenvalue weighted by Crippen LogP contribution is -2.50. The fraction of sp³-hybridized carbons (Fsp3) is 0.583. The number of carbonyl (C=O) groups excluding carboxylic acids is 1. The van der Waals surface area contributed by atoms with E-state index in [1.54, 1.807) is 5.38 Å². The second-order valence-corrected chi connectivity index (χ2v) is 5.46. The van der Waals surface area contributed by atoms with Crippen molar-refractivity contribution in [2.45, 2.75) is 26.0 Å². The quantitative estimate of drug-likeness (QED) is 0.892. The zero-order valence-electron chi connectivity index (χ0n) is 10.5. The Morgan fingerprint density at radius 1 is 1.63 bits per heavy atom. The summed E-state index contributed by atoms with van der Waals surface area (Å²) >= 11 is 1.10. The van der Waals surface area contributed by atoms with E-state index in [1.807, 2.05) is 0 Å². The highest BCUT2D eigenvalue weighted by molar-refractivity contribution is 7.12. The zero-order valence-corrected chi connectivity index (χ0v) is 11.3. The molecule has 0 bridgehead atoms. The normalized spacial score (nSPS) is 23.4. The van der Waals surface area contributed by atoms with E-state index in [9.17, 15) is 13.6 Å². The van der Waals surface area contributed by atoms with Crippen molar-refractivity contribution in [1.82, 2.24) is 10.6 Å². The number of alkyl halides is 2. The van der Waals surface area contributed by atoms with Crippen LogP contribution >= 0.6 is 11.3 Å². The molecule has 2 heterocycles. The highest BCUT2D eigenvalue weighted by Gasteiger charge is 2.25. The van der Waals surface area contributed by atoms with Gasteiger partial charge in [0, 0.05) is 12.6 Å². The van der Waals surface area contributed by atoms with Gasteiger partial charge >= 0.3 is 6.61 Å². The molecule has 1 aliphatic heterocycles. The molecule has 1 aromatic heterocycles. The van der Waals surface area contributed by atoms with Crippen LogP contribution in [0.15, 0.2) is 11.4 Å². The van der Waals surface area contributed by atoms with Crippen molar-refractivity contribution >= 4 is 17.2 Å². The van der Waals surface area contributed by atoms with E-state index in [1.165, 1.54) is 6.07 Å². The van der Waals surface area contributed by atoms with E-state index in [-0.39, 0.29) is 22.6 Å². The van der Waals surface area contributed by atoms with Gasteiger partial charge in [-0.3, -0.25) is 4.79 Å². The minimum absolute atomic E-state index is 0.0164. The van der Waals surface area contributed by atoms with Gasteiger partial charge in [0.25, 0.3) is 5.91 Å². The van der Waals surface area contributed by atoms with Crippen molar-refractivity contribution in [3.8, 4) is 5.75 Å². The number of thiophene rings is 1. The number of carbonyl (C=O) groups is 1. The van der Waals surface area contributed by atoms with Crippen LogP contribution in [0.4, 0.5) is 8.78 Å². The van der Waals surface area contributed by atoms with Crippen molar-refractivity contribution in [2.24, 2.45) is 5.92 Å². The Labute approximate surface area is 114 Å². The average molecular weight is 290 g/mol. The van der Waals surface area contributed by atoms with Crippen molar-refractivity contribution in [1.29, 1.82) is 0 Å². The summed E-state index contributed by atoms with van der Waals surface area (Å²) in [6.07, 6.45) is 0.982. The second kappa shape index (κ2) is 6.29. The second-order valence-electron chi connectivity index (χ2n) is 4.54. The van der Waals surface area contributed by atoms with E-state index in [4.69, 9.17) is 0 Å². The van der Waals surface area contributed by atoms with Gasteiger partial charge in [-0.25, -0.2) is 0 Å². The molecule has 106 valence electrons. The average Bonchev–Trinajstić information content (AvgIpc) is 2.79. The molecule has 2 N–H and O–H groups in total. The highest BCUT2D eigenvalue weighted by Crippen LogP contribution is 2.26. The number of amides is 1. The Morgan fingerprint density at radius 2 is 2.42 bits per heavy atom. The van der Waals surface area contributed by atoms with Crippen LogP contribution in [-0.4, -0.2) is 31.7 Å². The van der Waals surface area contributed by atoms with Gasteiger partial charge in [-0.1, -0.05) is 6.92 Å². The molecule has 1 aliphatic rings. The summed E-state index contributed by atoms with van der Waals surface area (Å²) in [6, 6.07) is 1.40. The molecule has 1 saturated heterocycles. The Bertz CT molecular complexity index is 439. The van der Waals surface area contributed by atoms with E-state index < -0.39 is 6.61 Å². The number of nitrogens with one attached hydrogen (secondary N) is 2. The largest absolute Gasteiger partial charge is 0.433 e. The summed E-state index contributed by atoms with van der Waals surface area (Å²) in [5, 5.41) is 7.63. The van der Waals surface area contributed by atoms with Gasteiger partial charge in [0.15, 0.2) is 0 Å². The fourth-order valence-corrected chi connectivity index (χ4v) is 2.79. The van der Waals surface area contributed by atoms with Crippen molar-refractivity contribution in [2.75, 3.05) is 13.1 Å². The molecule has 0 spiro atoms. The Balaban J connectivity index is 2.01. The molecule has 19 heavy (non-hydrogen) atoms. The first-order valence-electron chi connectivity index (χ1n) is 6.12. The van der Waals surface area contributed by atoms with Crippen LogP contribution in [0.3, 0.4) is 0 Å². The maximum absolute atomic E-state index is 12.2. The van der Waals surface area contributed by atoms with Crippen LogP contribution in [0, 0.1) is 5.92 Å². The molecule has 2 rings (SSSR count). The van der Waals surface area contributed by atoms with Crippen molar-refractivity contribution in [3.05, 3.63) is 16.3 Å². The maximum Gasteiger partial charge on any atom is 0.387 e. The monoisotopic (exact) mass is 290 g/mol. The predicted molar refractivity (Wildman–Crippen MR) is 68.9 cm³/mol. The van der Waals surface area contributed by atoms with Gasteiger partial charge < -0.3 is 15.4 Å². The molecule has 0 saturated carbocycles. The van der Waals surface area contributed by atoms with Gasteiger partial charge in [0.1, 0.15) is 10.6 Å². The molecule has 7 heteroatoms. The SMILES string of the molecule is CC1CCNCC1NC(=O)c1sccc1OC(F)F. The first-order valence-corrected chi connectivity index (χ1v) is 6.99. The third kappa shape index (κ3) is 3.63.